The molecule has 0 amide bonds. The molecular weight excluding hydrogens is 501 g/mol. The SMILES string of the molecule is Nc1ccc(N)c(CCOC(=O)C=Cc2ccc(OC(=O)c3ccc(OCCCC(F)(F)F)cc3)cc2)c1. The Hall–Kier alpha value is -4.47. The maximum absolute atomic E-state index is 12.4. The summed E-state index contributed by atoms with van der Waals surface area (Å²) >= 11 is 0. The van der Waals surface area contributed by atoms with Gasteiger partial charge in [0.05, 0.1) is 18.8 Å². The number of nitrogens with two attached hydrogens (primary N) is 2. The van der Waals surface area contributed by atoms with E-state index < -0.39 is 24.5 Å². The Morgan fingerprint density at radius 3 is 2.24 bits per heavy atom. The standard InChI is InChI=1S/C28H27F3N2O5/c29-28(30,31)15-1-16-36-23-10-5-20(6-11-23)27(35)38-24-8-2-19(3-9-24)4-13-26(34)37-17-14-21-18-22(32)7-12-25(21)33/h2-13,18H,1,14-17,32-33H2. The summed E-state index contributed by atoms with van der Waals surface area (Å²) in [7, 11) is 0. The van der Waals surface area contributed by atoms with E-state index in [9.17, 15) is 22.8 Å². The van der Waals surface area contributed by atoms with Crippen LogP contribution in [0.4, 0.5) is 24.5 Å². The predicted molar refractivity (Wildman–Crippen MR) is 138 cm³/mol. The lowest BCUT2D eigenvalue weighted by Gasteiger charge is -2.09. The quantitative estimate of drug-likeness (QED) is 0.110. The number of ether oxygens (including phenoxy) is 3. The van der Waals surface area contributed by atoms with E-state index in [-0.39, 0.29) is 25.2 Å². The van der Waals surface area contributed by atoms with Gasteiger partial charge in [0, 0.05) is 30.3 Å². The molecule has 200 valence electrons. The molecule has 0 bridgehead atoms. The van der Waals surface area contributed by atoms with Crippen molar-refractivity contribution in [2.75, 3.05) is 24.7 Å². The van der Waals surface area contributed by atoms with Crippen molar-refractivity contribution in [1.82, 2.24) is 0 Å². The zero-order chi connectivity index (χ0) is 27.5. The molecule has 4 N–H and O–H groups in total. The minimum Gasteiger partial charge on any atom is -0.494 e. The molecule has 0 unspecified atom stereocenters. The molecule has 0 aliphatic carbocycles. The number of alkyl halides is 3. The minimum atomic E-state index is -4.22. The maximum atomic E-state index is 12.4. The summed E-state index contributed by atoms with van der Waals surface area (Å²) in [4.78, 5) is 24.3. The van der Waals surface area contributed by atoms with E-state index in [0.29, 0.717) is 34.9 Å². The van der Waals surface area contributed by atoms with E-state index in [4.69, 9.17) is 25.7 Å². The first kappa shape index (κ1) is 28.1. The number of nitrogen functional groups attached to an aromatic ring is 2. The molecule has 10 heteroatoms. The Labute approximate surface area is 217 Å². The van der Waals surface area contributed by atoms with Gasteiger partial charge in [-0.2, -0.15) is 13.2 Å². The first-order valence-corrected chi connectivity index (χ1v) is 11.7. The average Bonchev–Trinajstić information content (AvgIpc) is 2.88. The second-order valence-electron chi connectivity index (χ2n) is 8.26. The van der Waals surface area contributed by atoms with Crippen LogP contribution in [-0.4, -0.2) is 31.3 Å². The van der Waals surface area contributed by atoms with E-state index in [0.717, 1.165) is 5.56 Å². The summed E-state index contributed by atoms with van der Waals surface area (Å²) in [6.07, 6.45) is -2.00. The smallest absolute Gasteiger partial charge is 0.389 e. The van der Waals surface area contributed by atoms with Crippen LogP contribution in [0.3, 0.4) is 0 Å². The predicted octanol–water partition coefficient (Wildman–Crippen LogP) is 5.59. The number of halogens is 3. The highest BCUT2D eigenvalue weighted by Crippen LogP contribution is 2.22. The number of hydrogen-bond acceptors (Lipinski definition) is 7. The van der Waals surface area contributed by atoms with E-state index in [1.54, 1.807) is 48.5 Å². The van der Waals surface area contributed by atoms with Crippen LogP contribution in [0.1, 0.15) is 34.3 Å². The summed E-state index contributed by atoms with van der Waals surface area (Å²) < 4.78 is 52.3. The van der Waals surface area contributed by atoms with Crippen LogP contribution >= 0.6 is 0 Å². The number of anilines is 2. The molecule has 7 nitrogen and oxygen atoms in total. The molecule has 38 heavy (non-hydrogen) atoms. The molecule has 0 spiro atoms. The molecule has 0 saturated heterocycles. The van der Waals surface area contributed by atoms with Crippen molar-refractivity contribution < 1.29 is 37.0 Å². The molecule has 0 atom stereocenters. The first-order chi connectivity index (χ1) is 18.1. The Kier molecular flexibility index (Phi) is 9.75. The van der Waals surface area contributed by atoms with Gasteiger partial charge in [0.25, 0.3) is 0 Å². The fraction of sp³-hybridized carbons (Fsp3) is 0.214. The first-order valence-electron chi connectivity index (χ1n) is 11.7. The largest absolute Gasteiger partial charge is 0.494 e. The van der Waals surface area contributed by atoms with Gasteiger partial charge in [-0.3, -0.25) is 0 Å². The summed E-state index contributed by atoms with van der Waals surface area (Å²) in [6, 6.07) is 17.5. The highest BCUT2D eigenvalue weighted by atomic mass is 19.4. The Morgan fingerprint density at radius 1 is 0.868 bits per heavy atom. The summed E-state index contributed by atoms with van der Waals surface area (Å²) in [5.41, 5.74) is 14.5. The van der Waals surface area contributed by atoms with Crippen LogP contribution < -0.4 is 20.9 Å². The van der Waals surface area contributed by atoms with Crippen molar-refractivity contribution in [1.29, 1.82) is 0 Å². The van der Waals surface area contributed by atoms with E-state index >= 15 is 0 Å². The molecule has 0 saturated carbocycles. The lowest BCUT2D eigenvalue weighted by molar-refractivity contribution is -0.138. The highest BCUT2D eigenvalue weighted by Gasteiger charge is 2.26. The van der Waals surface area contributed by atoms with Crippen LogP contribution in [0.15, 0.2) is 72.8 Å². The van der Waals surface area contributed by atoms with Gasteiger partial charge in [-0.15, -0.1) is 0 Å². The summed E-state index contributed by atoms with van der Waals surface area (Å²) in [6.45, 7) is 0.0665. The molecule has 3 rings (SSSR count). The third kappa shape index (κ3) is 9.53. The second-order valence-corrected chi connectivity index (χ2v) is 8.26. The van der Waals surface area contributed by atoms with Crippen LogP contribution in [0, 0.1) is 0 Å². The van der Waals surface area contributed by atoms with Gasteiger partial charge in [0.15, 0.2) is 0 Å². The van der Waals surface area contributed by atoms with Crippen molar-refractivity contribution >= 4 is 29.4 Å². The normalized spacial score (nSPS) is 11.3. The lowest BCUT2D eigenvalue weighted by Crippen LogP contribution is -2.10. The van der Waals surface area contributed by atoms with Crippen LogP contribution in [0.5, 0.6) is 11.5 Å². The third-order valence-corrected chi connectivity index (χ3v) is 5.25. The zero-order valence-corrected chi connectivity index (χ0v) is 20.4. The number of esters is 2. The fourth-order valence-electron chi connectivity index (χ4n) is 3.28. The van der Waals surface area contributed by atoms with E-state index in [2.05, 4.69) is 0 Å². The Morgan fingerprint density at radius 2 is 1.55 bits per heavy atom. The lowest BCUT2D eigenvalue weighted by atomic mass is 10.1. The van der Waals surface area contributed by atoms with Gasteiger partial charge in [-0.25, -0.2) is 9.59 Å². The molecule has 0 heterocycles. The van der Waals surface area contributed by atoms with Crippen molar-refractivity contribution in [3.8, 4) is 11.5 Å². The van der Waals surface area contributed by atoms with Gasteiger partial charge in [0.2, 0.25) is 0 Å². The van der Waals surface area contributed by atoms with Crippen molar-refractivity contribution in [2.45, 2.75) is 25.4 Å². The van der Waals surface area contributed by atoms with Gasteiger partial charge in [-0.1, -0.05) is 12.1 Å². The van der Waals surface area contributed by atoms with E-state index in [1.165, 1.54) is 30.3 Å². The topological polar surface area (TPSA) is 114 Å². The average molecular weight is 529 g/mol. The fourth-order valence-corrected chi connectivity index (χ4v) is 3.28. The molecule has 0 aliphatic rings. The molecule has 3 aromatic carbocycles. The van der Waals surface area contributed by atoms with Crippen LogP contribution in [0.25, 0.3) is 6.08 Å². The number of hydrogen-bond donors (Lipinski definition) is 2. The zero-order valence-electron chi connectivity index (χ0n) is 20.4. The molecule has 0 fully saturated rings. The number of carbonyl (C=O) groups is 2. The Bertz CT molecular complexity index is 1260. The minimum absolute atomic E-state index is 0.0831. The molecule has 0 aliphatic heterocycles. The monoisotopic (exact) mass is 528 g/mol. The van der Waals surface area contributed by atoms with Crippen molar-refractivity contribution in [3.63, 3.8) is 0 Å². The maximum Gasteiger partial charge on any atom is 0.389 e. The number of rotatable bonds is 11. The van der Waals surface area contributed by atoms with Crippen molar-refractivity contribution in [3.05, 3.63) is 89.5 Å². The van der Waals surface area contributed by atoms with Gasteiger partial charge in [0.1, 0.15) is 11.5 Å². The van der Waals surface area contributed by atoms with Gasteiger partial charge >= 0.3 is 18.1 Å². The number of benzene rings is 3. The van der Waals surface area contributed by atoms with Gasteiger partial charge < -0.3 is 25.7 Å². The van der Waals surface area contributed by atoms with E-state index in [1.807, 2.05) is 0 Å². The molecular formula is C28H27F3N2O5. The second kappa shape index (κ2) is 13.2. The summed E-state index contributed by atoms with van der Waals surface area (Å²) in [5, 5.41) is 0. The molecule has 0 radical (unpaired) electrons. The van der Waals surface area contributed by atoms with Crippen molar-refractivity contribution in [2.24, 2.45) is 0 Å². The summed E-state index contributed by atoms with van der Waals surface area (Å²) in [5.74, 6) is -0.480. The molecule has 0 aromatic heterocycles. The van der Waals surface area contributed by atoms with Crippen LogP contribution in [-0.2, 0) is 16.0 Å². The number of carbonyl (C=O) groups excluding carboxylic acids is 2. The van der Waals surface area contributed by atoms with Gasteiger partial charge in [-0.05, 0) is 78.2 Å². The highest BCUT2D eigenvalue weighted by molar-refractivity contribution is 5.91. The van der Waals surface area contributed by atoms with Crippen LogP contribution in [0.2, 0.25) is 0 Å². The Balaban J connectivity index is 1.42. The third-order valence-electron chi connectivity index (χ3n) is 5.25. The molecule has 3 aromatic rings.